The fourth-order valence-corrected chi connectivity index (χ4v) is 4.18. The van der Waals surface area contributed by atoms with Crippen molar-refractivity contribution in [1.82, 2.24) is 14.5 Å². The van der Waals surface area contributed by atoms with E-state index in [0.717, 1.165) is 34.1 Å². The van der Waals surface area contributed by atoms with Crippen LogP contribution in [-0.2, 0) is 21.1 Å². The molecular weight excluding hydrogens is 508 g/mol. The molecule has 0 saturated heterocycles. The summed E-state index contributed by atoms with van der Waals surface area (Å²) >= 11 is 0. The van der Waals surface area contributed by atoms with Crippen LogP contribution in [-0.4, -0.2) is 39.6 Å². The Hall–Kier alpha value is -5.01. The predicted molar refractivity (Wildman–Crippen MR) is 152 cm³/mol. The molecule has 0 spiro atoms. The Labute approximate surface area is 232 Å². The summed E-state index contributed by atoms with van der Waals surface area (Å²) in [6.07, 6.45) is 7.02. The molecule has 4 aromatic rings. The molecule has 3 N–H and O–H groups in total. The van der Waals surface area contributed by atoms with Gasteiger partial charge in [0.25, 0.3) is 0 Å². The molecule has 0 aliphatic heterocycles. The number of nitrogens with zero attached hydrogens (tertiary/aromatic N) is 4. The van der Waals surface area contributed by atoms with Crippen molar-refractivity contribution in [2.75, 3.05) is 12.4 Å². The molecule has 0 fully saturated rings. The molecule has 3 aromatic heterocycles. The number of benzene rings is 1. The highest BCUT2D eigenvalue weighted by Crippen LogP contribution is 2.35. The van der Waals surface area contributed by atoms with E-state index in [1.807, 2.05) is 38.2 Å². The van der Waals surface area contributed by atoms with Crippen LogP contribution in [0, 0.1) is 17.2 Å². The minimum Gasteiger partial charge on any atom is -0.497 e. The zero-order valence-electron chi connectivity index (χ0n) is 22.5. The third-order valence-electron chi connectivity index (χ3n) is 6.70. The summed E-state index contributed by atoms with van der Waals surface area (Å²) < 4.78 is 12.7. The lowest BCUT2D eigenvalue weighted by Gasteiger charge is -2.17. The van der Waals surface area contributed by atoms with Gasteiger partial charge >= 0.3 is 5.97 Å². The van der Waals surface area contributed by atoms with Gasteiger partial charge in [-0.15, -0.1) is 0 Å². The normalized spacial score (nSPS) is 12.3. The Balaban J connectivity index is 1.80. The van der Waals surface area contributed by atoms with Crippen molar-refractivity contribution in [2.24, 2.45) is 11.7 Å². The van der Waals surface area contributed by atoms with Crippen molar-refractivity contribution in [3.05, 3.63) is 73.3 Å². The number of nitrogens with two attached hydrogens (primary N) is 1. The lowest BCUT2D eigenvalue weighted by atomic mass is 10.0. The predicted octanol–water partition coefficient (Wildman–Crippen LogP) is 4.64. The molecule has 3 heterocycles. The smallest absolute Gasteiger partial charge is 0.324 e. The molecule has 1 aromatic carbocycles. The van der Waals surface area contributed by atoms with E-state index in [-0.39, 0.29) is 24.2 Å². The highest BCUT2D eigenvalue weighted by atomic mass is 16.5. The van der Waals surface area contributed by atoms with Crippen molar-refractivity contribution >= 4 is 28.6 Å². The summed E-state index contributed by atoms with van der Waals surface area (Å²) in [6, 6.07) is 12.1. The molecule has 4 rings (SSSR count). The molecule has 0 unspecified atom stereocenters. The highest BCUT2D eigenvalue weighted by molar-refractivity contribution is 6.00. The largest absolute Gasteiger partial charge is 0.497 e. The van der Waals surface area contributed by atoms with Gasteiger partial charge in [0.05, 0.1) is 7.11 Å². The van der Waals surface area contributed by atoms with Crippen LogP contribution in [0.1, 0.15) is 26.0 Å². The Kier molecular flexibility index (Phi) is 8.57. The van der Waals surface area contributed by atoms with E-state index < -0.39 is 12.0 Å². The van der Waals surface area contributed by atoms with Crippen molar-refractivity contribution in [3.8, 4) is 34.1 Å². The first-order valence-corrected chi connectivity index (χ1v) is 12.7. The summed E-state index contributed by atoms with van der Waals surface area (Å²) in [7, 11) is 1.54. The van der Waals surface area contributed by atoms with E-state index >= 15 is 0 Å². The number of fused-ring (bicyclic) bond motifs is 1. The zero-order chi connectivity index (χ0) is 28.8. The van der Waals surface area contributed by atoms with E-state index in [2.05, 4.69) is 22.9 Å². The number of carbonyl (C=O) groups is 2. The second-order valence-corrected chi connectivity index (χ2v) is 9.30. The number of pyridine rings is 2. The number of hydrogen-bond donors (Lipinski definition) is 2. The van der Waals surface area contributed by atoms with Crippen molar-refractivity contribution in [2.45, 2.75) is 33.0 Å². The number of carbonyl (C=O) groups excluding carboxylic acids is 2. The number of hydrogen-bond acceptors (Lipinski definition) is 8. The molecular formula is C30H30N6O4. The quantitative estimate of drug-likeness (QED) is 0.219. The van der Waals surface area contributed by atoms with E-state index in [4.69, 9.17) is 20.2 Å². The average molecular weight is 539 g/mol. The Morgan fingerprint density at radius 1 is 1.20 bits per heavy atom. The molecule has 0 bridgehead atoms. The van der Waals surface area contributed by atoms with Gasteiger partial charge in [-0.1, -0.05) is 26.8 Å². The summed E-state index contributed by atoms with van der Waals surface area (Å²) in [5.74, 6) is -0.307. The summed E-state index contributed by atoms with van der Waals surface area (Å²) in [5, 5.41) is 12.9. The van der Waals surface area contributed by atoms with Gasteiger partial charge in [-0.05, 0) is 53.5 Å². The third-order valence-corrected chi connectivity index (χ3v) is 6.70. The van der Waals surface area contributed by atoms with E-state index in [9.17, 15) is 14.9 Å². The molecule has 1 amide bonds. The number of anilines is 1. The first kappa shape index (κ1) is 28.0. The minimum absolute atomic E-state index is 0.0182. The van der Waals surface area contributed by atoms with Crippen LogP contribution in [0.4, 0.5) is 5.69 Å². The second-order valence-electron chi connectivity index (χ2n) is 9.30. The van der Waals surface area contributed by atoms with Crippen LogP contribution in [0.15, 0.2) is 67.6 Å². The van der Waals surface area contributed by atoms with Crippen LogP contribution < -0.4 is 15.8 Å². The number of methoxy groups -OCH3 is 1. The average Bonchev–Trinajstić information content (AvgIpc) is 3.36. The molecule has 0 saturated carbocycles. The van der Waals surface area contributed by atoms with Crippen molar-refractivity contribution in [3.63, 3.8) is 0 Å². The molecule has 40 heavy (non-hydrogen) atoms. The SMILES string of the molecule is C=CC(=O)Nc1cc(OC)cc(-c2cnc3c(c2)c(-c2ccnc(C#N)c2)cn3COC(=O)[C@@H](N)[C@@H](C)CC)c1. The number of esters is 1. The fourth-order valence-electron chi connectivity index (χ4n) is 4.18. The monoisotopic (exact) mass is 538 g/mol. The number of rotatable bonds is 10. The van der Waals surface area contributed by atoms with Gasteiger partial charge in [-0.2, -0.15) is 5.26 Å². The van der Waals surface area contributed by atoms with Gasteiger partial charge in [0, 0.05) is 46.9 Å². The number of nitrogens with one attached hydrogen (secondary N) is 1. The maximum absolute atomic E-state index is 12.6. The van der Waals surface area contributed by atoms with Crippen LogP contribution >= 0.6 is 0 Å². The van der Waals surface area contributed by atoms with Gasteiger partial charge in [-0.3, -0.25) is 14.2 Å². The van der Waals surface area contributed by atoms with Crippen LogP contribution in [0.5, 0.6) is 5.75 Å². The molecule has 10 nitrogen and oxygen atoms in total. The first-order chi connectivity index (χ1) is 19.3. The van der Waals surface area contributed by atoms with Gasteiger partial charge in [0.15, 0.2) is 6.73 Å². The molecule has 10 heteroatoms. The van der Waals surface area contributed by atoms with Crippen LogP contribution in [0.2, 0.25) is 0 Å². The lowest BCUT2D eigenvalue weighted by molar-refractivity contribution is -0.150. The minimum atomic E-state index is -0.729. The second kappa shape index (κ2) is 12.2. The summed E-state index contributed by atoms with van der Waals surface area (Å²) in [4.78, 5) is 33.3. The number of ether oxygens (including phenoxy) is 2. The Bertz CT molecular complexity index is 1620. The fraction of sp³-hybridized carbons (Fsp3) is 0.233. The highest BCUT2D eigenvalue weighted by Gasteiger charge is 2.22. The van der Waals surface area contributed by atoms with Gasteiger partial charge in [0.2, 0.25) is 5.91 Å². The van der Waals surface area contributed by atoms with Gasteiger partial charge in [0.1, 0.15) is 29.2 Å². The maximum atomic E-state index is 12.6. The van der Waals surface area contributed by atoms with E-state index in [1.54, 1.807) is 42.3 Å². The van der Waals surface area contributed by atoms with Crippen LogP contribution in [0.3, 0.4) is 0 Å². The maximum Gasteiger partial charge on any atom is 0.324 e. The lowest BCUT2D eigenvalue weighted by Crippen LogP contribution is -2.38. The van der Waals surface area contributed by atoms with Gasteiger partial charge in [-0.25, -0.2) is 9.97 Å². The molecule has 0 aliphatic rings. The van der Waals surface area contributed by atoms with Crippen molar-refractivity contribution < 1.29 is 19.1 Å². The summed E-state index contributed by atoms with van der Waals surface area (Å²) in [6.45, 7) is 7.28. The topological polar surface area (TPSA) is 145 Å². The molecule has 204 valence electrons. The molecule has 0 radical (unpaired) electrons. The molecule has 2 atom stereocenters. The van der Waals surface area contributed by atoms with Crippen molar-refractivity contribution in [1.29, 1.82) is 5.26 Å². The number of nitriles is 1. The standard InChI is InChI=1S/C30H30N6O4/c1-5-18(3)28(32)30(38)40-17-36-16-26(19-7-8-33-23(9-19)14-31)25-12-21(15-34-29(25)36)20-10-22(35-27(37)6-2)13-24(11-20)39-4/h6-13,15-16,18,28H,2,5,17,32H2,1,3-4H3,(H,35,37)/t18-,28-/m0/s1. The number of aromatic nitrogens is 3. The zero-order valence-corrected chi connectivity index (χ0v) is 22.5. The Morgan fingerprint density at radius 2 is 2.00 bits per heavy atom. The van der Waals surface area contributed by atoms with Crippen LogP contribution in [0.25, 0.3) is 33.3 Å². The summed E-state index contributed by atoms with van der Waals surface area (Å²) in [5.41, 5.74) is 10.5. The Morgan fingerprint density at radius 3 is 2.70 bits per heavy atom. The van der Waals surface area contributed by atoms with E-state index in [1.165, 1.54) is 6.08 Å². The first-order valence-electron chi connectivity index (χ1n) is 12.7. The van der Waals surface area contributed by atoms with Gasteiger partial charge < -0.3 is 20.5 Å². The number of amides is 1. The third kappa shape index (κ3) is 6.00. The molecule has 0 aliphatic carbocycles. The van der Waals surface area contributed by atoms with E-state index in [0.29, 0.717) is 17.1 Å².